The summed E-state index contributed by atoms with van der Waals surface area (Å²) in [5.41, 5.74) is 0. The van der Waals surface area contributed by atoms with E-state index < -0.39 is 0 Å². The van der Waals surface area contributed by atoms with Crippen molar-refractivity contribution in [2.45, 2.75) is 57.8 Å². The molecular weight excluding hydrogens is 204 g/mol. The van der Waals surface area contributed by atoms with Gasteiger partial charge in [0.15, 0.2) is 0 Å². The number of rotatable bonds is 11. The zero-order chi connectivity index (χ0) is 12.6. The summed E-state index contributed by atoms with van der Waals surface area (Å²) in [4.78, 5) is 0. The highest BCUT2D eigenvalue weighted by Gasteiger charge is 1.87. The Morgan fingerprint density at radius 2 is 1.12 bits per heavy atom. The molecule has 0 saturated heterocycles. The molecule has 0 rings (SSSR count). The Hall–Kier alpha value is -0.780. The van der Waals surface area contributed by atoms with E-state index in [1.165, 1.54) is 38.5 Å². The molecular formula is C17H28. The van der Waals surface area contributed by atoms with Crippen LogP contribution in [0.3, 0.4) is 0 Å². The minimum Gasteiger partial charge on any atom is -0.0845 e. The Kier molecular flexibility index (Phi) is 14.5. The molecule has 0 aromatic carbocycles. The Morgan fingerprint density at radius 3 is 1.76 bits per heavy atom. The van der Waals surface area contributed by atoms with Crippen LogP contribution in [0.2, 0.25) is 0 Å². The van der Waals surface area contributed by atoms with Crippen LogP contribution in [0, 0.1) is 13.8 Å². The number of allylic oxidation sites excluding steroid dienone is 6. The second kappa shape index (κ2) is 15.2. The van der Waals surface area contributed by atoms with Gasteiger partial charge in [0, 0.05) is 0 Å². The van der Waals surface area contributed by atoms with Gasteiger partial charge in [-0.2, -0.15) is 0 Å². The third-order valence-electron chi connectivity index (χ3n) is 2.60. The lowest BCUT2D eigenvalue weighted by Crippen LogP contribution is -1.77. The maximum atomic E-state index is 3.85. The molecule has 0 fully saturated rings. The van der Waals surface area contributed by atoms with E-state index in [1.807, 2.05) is 0 Å². The first-order valence-electron chi connectivity index (χ1n) is 6.98. The van der Waals surface area contributed by atoms with Crippen LogP contribution in [0.15, 0.2) is 36.5 Å². The molecule has 0 aliphatic heterocycles. The van der Waals surface area contributed by atoms with Crippen LogP contribution in [-0.4, -0.2) is 0 Å². The third kappa shape index (κ3) is 15.2. The van der Waals surface area contributed by atoms with Gasteiger partial charge in [0.25, 0.3) is 0 Å². The molecule has 0 aliphatic rings. The summed E-state index contributed by atoms with van der Waals surface area (Å²) in [6.07, 6.45) is 23.9. The molecule has 0 bridgehead atoms. The number of unbranched alkanes of at least 4 members (excludes halogenated alkanes) is 7. The van der Waals surface area contributed by atoms with E-state index in [0.29, 0.717) is 0 Å². The predicted octanol–water partition coefficient (Wildman–Crippen LogP) is 5.83. The van der Waals surface area contributed by atoms with E-state index in [1.54, 1.807) is 0 Å². The summed E-state index contributed by atoms with van der Waals surface area (Å²) in [6, 6.07) is 0. The second-order valence-corrected chi connectivity index (χ2v) is 4.29. The molecule has 0 spiro atoms. The van der Waals surface area contributed by atoms with E-state index >= 15 is 0 Å². The molecule has 2 radical (unpaired) electrons. The summed E-state index contributed by atoms with van der Waals surface area (Å²) >= 11 is 0. The second-order valence-electron chi connectivity index (χ2n) is 4.29. The highest BCUT2D eigenvalue weighted by atomic mass is 13.9. The van der Waals surface area contributed by atoms with Crippen molar-refractivity contribution in [3.05, 3.63) is 50.3 Å². The lowest BCUT2D eigenvalue weighted by atomic mass is 10.1. The van der Waals surface area contributed by atoms with E-state index in [4.69, 9.17) is 0 Å². The molecule has 0 amide bonds. The molecule has 0 aromatic heterocycles. The monoisotopic (exact) mass is 232 g/mol. The molecule has 0 atom stereocenters. The van der Waals surface area contributed by atoms with Crippen LogP contribution in [0.1, 0.15) is 57.8 Å². The third-order valence-corrected chi connectivity index (χ3v) is 2.60. The quantitative estimate of drug-likeness (QED) is 0.310. The average Bonchev–Trinajstić information content (AvgIpc) is 2.35. The molecule has 0 aliphatic carbocycles. The topological polar surface area (TPSA) is 0 Å². The molecule has 96 valence electrons. The van der Waals surface area contributed by atoms with Crippen LogP contribution in [-0.2, 0) is 0 Å². The van der Waals surface area contributed by atoms with E-state index in [0.717, 1.165) is 19.3 Å². The Bertz CT molecular complexity index is 208. The molecule has 0 saturated carbocycles. The summed E-state index contributed by atoms with van der Waals surface area (Å²) in [6.45, 7) is 7.64. The first-order chi connectivity index (χ1) is 8.41. The largest absolute Gasteiger partial charge is 0.0845 e. The van der Waals surface area contributed by atoms with Crippen LogP contribution < -0.4 is 0 Å². The summed E-state index contributed by atoms with van der Waals surface area (Å²) in [5, 5.41) is 0. The fraction of sp³-hybridized carbons (Fsp3) is 0.529. The Labute approximate surface area is 109 Å². The summed E-state index contributed by atoms with van der Waals surface area (Å²) in [7, 11) is 0. The van der Waals surface area contributed by atoms with Gasteiger partial charge in [0.2, 0.25) is 0 Å². The first-order valence-corrected chi connectivity index (χ1v) is 6.98. The lowest BCUT2D eigenvalue weighted by molar-refractivity contribution is 0.621. The van der Waals surface area contributed by atoms with Crippen LogP contribution in [0.25, 0.3) is 0 Å². The van der Waals surface area contributed by atoms with Crippen molar-refractivity contribution in [2.75, 3.05) is 0 Å². The van der Waals surface area contributed by atoms with Gasteiger partial charge in [-0.1, -0.05) is 82.4 Å². The molecule has 0 N–H and O–H groups in total. The minimum atomic E-state index is 0.980. The molecule has 0 aromatic rings. The summed E-state index contributed by atoms with van der Waals surface area (Å²) in [5.74, 6) is 0. The smallest absolute Gasteiger partial charge is 0.0348 e. The number of hydrogen-bond donors (Lipinski definition) is 0. The maximum Gasteiger partial charge on any atom is -0.0348 e. The lowest BCUT2D eigenvalue weighted by Gasteiger charge is -1.97. The van der Waals surface area contributed by atoms with Crippen molar-refractivity contribution < 1.29 is 0 Å². The maximum absolute atomic E-state index is 3.85. The molecule has 0 nitrogen and oxygen atoms in total. The van der Waals surface area contributed by atoms with Crippen LogP contribution in [0.4, 0.5) is 0 Å². The van der Waals surface area contributed by atoms with Gasteiger partial charge in [-0.3, -0.25) is 0 Å². The van der Waals surface area contributed by atoms with Crippen molar-refractivity contribution in [3.63, 3.8) is 0 Å². The van der Waals surface area contributed by atoms with Crippen LogP contribution in [0.5, 0.6) is 0 Å². The van der Waals surface area contributed by atoms with Crippen molar-refractivity contribution in [1.82, 2.24) is 0 Å². The normalized spacial score (nSPS) is 12.4. The highest BCUT2D eigenvalue weighted by molar-refractivity contribution is 5.10. The molecule has 17 heavy (non-hydrogen) atoms. The number of hydrogen-bond acceptors (Lipinski definition) is 0. The van der Waals surface area contributed by atoms with Gasteiger partial charge in [-0.15, -0.1) is 0 Å². The van der Waals surface area contributed by atoms with Gasteiger partial charge < -0.3 is 0 Å². The first kappa shape index (κ1) is 16.2. The van der Waals surface area contributed by atoms with Gasteiger partial charge >= 0.3 is 0 Å². The minimum absolute atomic E-state index is 0.980. The van der Waals surface area contributed by atoms with E-state index in [9.17, 15) is 0 Å². The molecule has 0 unspecified atom stereocenters. The van der Waals surface area contributed by atoms with Crippen molar-refractivity contribution in [3.8, 4) is 0 Å². The predicted molar refractivity (Wildman–Crippen MR) is 79.7 cm³/mol. The zero-order valence-electron chi connectivity index (χ0n) is 11.2. The molecule has 0 heteroatoms. The Morgan fingerprint density at radius 1 is 0.529 bits per heavy atom. The van der Waals surface area contributed by atoms with Crippen molar-refractivity contribution in [2.24, 2.45) is 0 Å². The van der Waals surface area contributed by atoms with Gasteiger partial charge in [-0.25, -0.2) is 0 Å². The fourth-order valence-corrected chi connectivity index (χ4v) is 1.57. The highest BCUT2D eigenvalue weighted by Crippen LogP contribution is 2.06. The standard InChI is InChI=1S/C17H28/c1-3-5-7-9-11-13-15-17-16-14-12-10-8-6-4-2/h7,9,11,13,15,17H,1-6,8,10,12,14,16H2. The van der Waals surface area contributed by atoms with Gasteiger partial charge in [-0.05, 0) is 25.7 Å². The molecule has 0 heterocycles. The fourth-order valence-electron chi connectivity index (χ4n) is 1.57. The SMILES string of the molecule is [CH2]CCC=CC=CC=CCCCCCCC[CH2]. The van der Waals surface area contributed by atoms with Crippen LogP contribution >= 0.6 is 0 Å². The van der Waals surface area contributed by atoms with Gasteiger partial charge in [0.05, 0.1) is 0 Å². The Balaban J connectivity index is 3.24. The van der Waals surface area contributed by atoms with E-state index in [-0.39, 0.29) is 0 Å². The zero-order valence-corrected chi connectivity index (χ0v) is 11.2. The van der Waals surface area contributed by atoms with E-state index in [2.05, 4.69) is 50.3 Å². The van der Waals surface area contributed by atoms with Gasteiger partial charge in [0.1, 0.15) is 0 Å². The summed E-state index contributed by atoms with van der Waals surface area (Å²) < 4.78 is 0. The van der Waals surface area contributed by atoms with Crippen molar-refractivity contribution in [1.29, 1.82) is 0 Å². The van der Waals surface area contributed by atoms with Crippen molar-refractivity contribution >= 4 is 0 Å². The average molecular weight is 232 g/mol.